The third-order valence-corrected chi connectivity index (χ3v) is 3.86. The Bertz CT molecular complexity index is 399. The average molecular weight is 232 g/mol. The lowest BCUT2D eigenvalue weighted by Gasteiger charge is -2.24. The summed E-state index contributed by atoms with van der Waals surface area (Å²) in [5.41, 5.74) is 10.0. The fraction of sp³-hybridized carbons (Fsp3) is 0.571. The van der Waals surface area contributed by atoms with Crippen LogP contribution in [0.3, 0.4) is 0 Å². The van der Waals surface area contributed by atoms with Gasteiger partial charge in [-0.2, -0.15) is 0 Å². The lowest BCUT2D eigenvalue weighted by Crippen LogP contribution is -2.27. The van der Waals surface area contributed by atoms with Crippen LogP contribution in [0, 0.1) is 0 Å². The van der Waals surface area contributed by atoms with Gasteiger partial charge >= 0.3 is 0 Å². The zero-order valence-corrected chi connectivity index (χ0v) is 10.1. The molecule has 1 aromatic carbocycles. The quantitative estimate of drug-likeness (QED) is 0.822. The molecule has 1 fully saturated rings. The van der Waals surface area contributed by atoms with Gasteiger partial charge in [-0.25, -0.2) is 0 Å². The Morgan fingerprint density at radius 1 is 1.18 bits per heavy atom. The molecule has 1 aliphatic heterocycles. The topological polar surface area (TPSA) is 47.3 Å². The molecular formula is C14H20N2O. The number of rotatable bonds is 2. The van der Waals surface area contributed by atoms with Gasteiger partial charge in [-0.15, -0.1) is 0 Å². The van der Waals surface area contributed by atoms with E-state index in [1.807, 2.05) is 0 Å². The van der Waals surface area contributed by atoms with Crippen molar-refractivity contribution in [3.63, 3.8) is 0 Å². The maximum atomic E-state index is 6.04. The minimum atomic E-state index is 0.252. The minimum absolute atomic E-state index is 0.252. The van der Waals surface area contributed by atoms with Crippen LogP contribution in [0.4, 0.5) is 5.69 Å². The SMILES string of the molecule is NC1CCc2cc(NC3CCOCC3)ccc21. The molecule has 0 radical (unpaired) electrons. The van der Waals surface area contributed by atoms with Gasteiger partial charge in [0.2, 0.25) is 0 Å². The van der Waals surface area contributed by atoms with Crippen LogP contribution in [0.15, 0.2) is 18.2 Å². The normalized spacial score (nSPS) is 24.6. The first-order valence-electron chi connectivity index (χ1n) is 6.55. The van der Waals surface area contributed by atoms with Gasteiger partial charge in [0.25, 0.3) is 0 Å². The number of nitrogens with two attached hydrogens (primary N) is 1. The highest BCUT2D eigenvalue weighted by Gasteiger charge is 2.19. The molecule has 17 heavy (non-hydrogen) atoms. The summed E-state index contributed by atoms with van der Waals surface area (Å²) in [5.74, 6) is 0. The van der Waals surface area contributed by atoms with Gasteiger partial charge in [-0.05, 0) is 48.9 Å². The van der Waals surface area contributed by atoms with Gasteiger partial charge in [-0.1, -0.05) is 6.07 Å². The Kier molecular flexibility index (Phi) is 3.04. The molecule has 92 valence electrons. The van der Waals surface area contributed by atoms with Crippen LogP contribution in [-0.4, -0.2) is 19.3 Å². The molecule has 3 N–H and O–H groups in total. The summed E-state index contributed by atoms with van der Waals surface area (Å²) >= 11 is 0. The molecule has 1 aliphatic carbocycles. The van der Waals surface area contributed by atoms with Crippen molar-refractivity contribution in [3.05, 3.63) is 29.3 Å². The molecule has 1 unspecified atom stereocenters. The standard InChI is InChI=1S/C14H20N2O/c15-14-4-1-10-9-12(2-3-13(10)14)16-11-5-7-17-8-6-11/h2-3,9,11,14,16H,1,4-8,15H2. The van der Waals surface area contributed by atoms with Crippen LogP contribution in [0.2, 0.25) is 0 Å². The molecule has 2 aliphatic rings. The van der Waals surface area contributed by atoms with E-state index in [0.29, 0.717) is 6.04 Å². The second-order valence-electron chi connectivity index (χ2n) is 5.09. The summed E-state index contributed by atoms with van der Waals surface area (Å²) in [6.45, 7) is 1.76. The lowest BCUT2D eigenvalue weighted by atomic mass is 10.1. The molecule has 0 amide bonds. The molecule has 3 nitrogen and oxygen atoms in total. The first-order chi connectivity index (χ1) is 8.33. The van der Waals surface area contributed by atoms with E-state index < -0.39 is 0 Å². The second kappa shape index (κ2) is 4.67. The Morgan fingerprint density at radius 3 is 2.82 bits per heavy atom. The van der Waals surface area contributed by atoms with Crippen molar-refractivity contribution in [3.8, 4) is 0 Å². The van der Waals surface area contributed by atoms with Crippen molar-refractivity contribution in [2.75, 3.05) is 18.5 Å². The number of nitrogens with one attached hydrogen (secondary N) is 1. The number of fused-ring (bicyclic) bond motifs is 1. The van der Waals surface area contributed by atoms with Gasteiger partial charge in [0.05, 0.1) is 0 Å². The van der Waals surface area contributed by atoms with Gasteiger partial charge in [0.1, 0.15) is 0 Å². The third-order valence-electron chi connectivity index (χ3n) is 3.86. The molecule has 0 bridgehead atoms. The van der Waals surface area contributed by atoms with Crippen molar-refractivity contribution in [2.24, 2.45) is 5.73 Å². The number of ether oxygens (including phenoxy) is 1. The molecule has 0 saturated carbocycles. The van der Waals surface area contributed by atoms with E-state index in [4.69, 9.17) is 10.5 Å². The molecule has 1 aromatic rings. The van der Waals surface area contributed by atoms with Crippen LogP contribution in [-0.2, 0) is 11.2 Å². The number of aryl methyl sites for hydroxylation is 1. The highest BCUT2D eigenvalue weighted by molar-refractivity contribution is 5.51. The Balaban J connectivity index is 1.71. The number of benzene rings is 1. The van der Waals surface area contributed by atoms with Gasteiger partial charge < -0.3 is 15.8 Å². The predicted octanol–water partition coefficient (Wildman–Crippen LogP) is 2.22. The van der Waals surface area contributed by atoms with Crippen molar-refractivity contribution < 1.29 is 4.74 Å². The summed E-state index contributed by atoms with van der Waals surface area (Å²) in [4.78, 5) is 0. The summed E-state index contributed by atoms with van der Waals surface area (Å²) in [5, 5.41) is 3.60. The second-order valence-corrected chi connectivity index (χ2v) is 5.09. The smallest absolute Gasteiger partial charge is 0.0485 e. The average Bonchev–Trinajstić information content (AvgIpc) is 2.72. The molecule has 1 heterocycles. The van der Waals surface area contributed by atoms with E-state index in [1.165, 1.54) is 16.8 Å². The van der Waals surface area contributed by atoms with Gasteiger partial charge in [0.15, 0.2) is 0 Å². The highest BCUT2D eigenvalue weighted by Crippen LogP contribution is 2.31. The molecule has 1 saturated heterocycles. The van der Waals surface area contributed by atoms with Crippen LogP contribution in [0.1, 0.15) is 36.4 Å². The molecule has 0 spiro atoms. The third kappa shape index (κ3) is 2.31. The first kappa shape index (κ1) is 11.1. The summed E-state index contributed by atoms with van der Waals surface area (Å²) in [6.07, 6.45) is 4.43. The molecular weight excluding hydrogens is 212 g/mol. The maximum absolute atomic E-state index is 6.04. The Morgan fingerprint density at radius 2 is 2.00 bits per heavy atom. The van der Waals surface area contributed by atoms with E-state index in [1.54, 1.807) is 0 Å². The molecule has 0 aromatic heterocycles. The minimum Gasteiger partial charge on any atom is -0.382 e. The predicted molar refractivity (Wildman–Crippen MR) is 69.2 cm³/mol. The number of anilines is 1. The van der Waals surface area contributed by atoms with Crippen molar-refractivity contribution >= 4 is 5.69 Å². The maximum Gasteiger partial charge on any atom is 0.0485 e. The van der Waals surface area contributed by atoms with E-state index in [2.05, 4.69) is 23.5 Å². The highest BCUT2D eigenvalue weighted by atomic mass is 16.5. The largest absolute Gasteiger partial charge is 0.382 e. The molecule has 1 atom stereocenters. The zero-order chi connectivity index (χ0) is 11.7. The molecule has 3 rings (SSSR count). The molecule has 3 heteroatoms. The Labute approximate surface area is 102 Å². The van der Waals surface area contributed by atoms with Crippen LogP contribution >= 0.6 is 0 Å². The van der Waals surface area contributed by atoms with Gasteiger partial charge in [0, 0.05) is 31.0 Å². The van der Waals surface area contributed by atoms with Crippen LogP contribution in [0.5, 0.6) is 0 Å². The monoisotopic (exact) mass is 232 g/mol. The van der Waals surface area contributed by atoms with Crippen molar-refractivity contribution in [1.82, 2.24) is 0 Å². The van der Waals surface area contributed by atoms with E-state index in [0.717, 1.165) is 38.9 Å². The van der Waals surface area contributed by atoms with E-state index in [-0.39, 0.29) is 6.04 Å². The summed E-state index contributed by atoms with van der Waals surface area (Å²) in [6, 6.07) is 7.45. The summed E-state index contributed by atoms with van der Waals surface area (Å²) < 4.78 is 5.37. The fourth-order valence-electron chi connectivity index (χ4n) is 2.82. The van der Waals surface area contributed by atoms with Crippen LogP contribution in [0.25, 0.3) is 0 Å². The number of hydrogen-bond acceptors (Lipinski definition) is 3. The van der Waals surface area contributed by atoms with Crippen LogP contribution < -0.4 is 11.1 Å². The zero-order valence-electron chi connectivity index (χ0n) is 10.1. The van der Waals surface area contributed by atoms with E-state index >= 15 is 0 Å². The van der Waals surface area contributed by atoms with Crippen molar-refractivity contribution in [1.29, 1.82) is 0 Å². The Hall–Kier alpha value is -1.06. The van der Waals surface area contributed by atoms with Crippen molar-refractivity contribution in [2.45, 2.75) is 37.8 Å². The van der Waals surface area contributed by atoms with Gasteiger partial charge in [-0.3, -0.25) is 0 Å². The fourth-order valence-corrected chi connectivity index (χ4v) is 2.82. The van der Waals surface area contributed by atoms with E-state index in [9.17, 15) is 0 Å². The summed E-state index contributed by atoms with van der Waals surface area (Å²) in [7, 11) is 0. The lowest BCUT2D eigenvalue weighted by molar-refractivity contribution is 0.0904. The number of hydrogen-bond donors (Lipinski definition) is 2. The first-order valence-corrected chi connectivity index (χ1v) is 6.55.